The van der Waals surface area contributed by atoms with Gasteiger partial charge in [0.25, 0.3) is 5.82 Å². The second-order valence-corrected chi connectivity index (χ2v) is 9.90. The maximum absolute atomic E-state index is 12.9. The molecule has 5 rings (SSSR count). The van der Waals surface area contributed by atoms with Crippen molar-refractivity contribution >= 4 is 39.3 Å². The van der Waals surface area contributed by atoms with Crippen molar-refractivity contribution in [3.05, 3.63) is 124 Å². The molecule has 0 N–H and O–H groups in total. The molecule has 0 aliphatic heterocycles. The van der Waals surface area contributed by atoms with Gasteiger partial charge in [-0.1, -0.05) is 100 Å². The topological polar surface area (TPSA) is 74.1 Å². The van der Waals surface area contributed by atoms with E-state index in [1.807, 2.05) is 79.7 Å². The number of ether oxygens (including phenoxy) is 1. The molecule has 0 aliphatic carbocycles. The molecule has 1 aromatic heterocycles. The summed E-state index contributed by atoms with van der Waals surface area (Å²) in [4.78, 5) is 30.1. The molecule has 0 atom stereocenters. The molecule has 0 saturated heterocycles. The Morgan fingerprint density at radius 3 is 2.24 bits per heavy atom. The fraction of sp³-hybridized carbons (Fsp3) is 0.0667. The summed E-state index contributed by atoms with van der Waals surface area (Å²) >= 11 is 9.68. The van der Waals surface area contributed by atoms with Crippen molar-refractivity contribution < 1.29 is 14.3 Å². The minimum absolute atomic E-state index is 0.158. The molecule has 188 valence electrons. The molecule has 0 aliphatic rings. The summed E-state index contributed by atoms with van der Waals surface area (Å²) in [6, 6.07) is 29.9. The van der Waals surface area contributed by atoms with E-state index in [0.717, 1.165) is 26.7 Å². The summed E-state index contributed by atoms with van der Waals surface area (Å²) in [6.45, 7) is 1.49. The highest BCUT2D eigenvalue weighted by Gasteiger charge is 2.22. The third-order valence-electron chi connectivity index (χ3n) is 5.94. The number of nitrogens with zero attached hydrogens (tertiary/aromatic N) is 3. The van der Waals surface area contributed by atoms with E-state index in [1.54, 1.807) is 28.9 Å². The number of aromatic nitrogens is 3. The van der Waals surface area contributed by atoms with Crippen molar-refractivity contribution in [2.45, 2.75) is 6.92 Å². The fourth-order valence-electron chi connectivity index (χ4n) is 3.92. The average Bonchev–Trinajstić information content (AvgIpc) is 3.39. The lowest BCUT2D eigenvalue weighted by Crippen LogP contribution is -2.15. The number of hydrogen-bond acceptors (Lipinski definition) is 5. The summed E-state index contributed by atoms with van der Waals surface area (Å²) in [7, 11) is 0. The molecular weight excluding hydrogens is 566 g/mol. The highest BCUT2D eigenvalue weighted by Crippen LogP contribution is 2.27. The first-order chi connectivity index (χ1) is 18.4. The van der Waals surface area contributed by atoms with Gasteiger partial charge in [0.05, 0.1) is 5.69 Å². The van der Waals surface area contributed by atoms with Crippen LogP contribution in [0, 0.1) is 6.92 Å². The largest absolute Gasteiger partial charge is 0.451 e. The Balaban J connectivity index is 1.37. The predicted molar refractivity (Wildman–Crippen MR) is 151 cm³/mol. The first kappa shape index (κ1) is 25.6. The molecule has 0 fully saturated rings. The maximum Gasteiger partial charge on any atom is 0.378 e. The van der Waals surface area contributed by atoms with Gasteiger partial charge in [0.15, 0.2) is 18.2 Å². The van der Waals surface area contributed by atoms with E-state index in [1.165, 1.54) is 0 Å². The first-order valence-electron chi connectivity index (χ1n) is 11.7. The first-order valence-corrected chi connectivity index (χ1v) is 12.9. The summed E-state index contributed by atoms with van der Waals surface area (Å²) in [6.07, 6.45) is 0. The van der Waals surface area contributed by atoms with E-state index >= 15 is 0 Å². The lowest BCUT2D eigenvalue weighted by Gasteiger charge is -2.09. The lowest BCUT2D eigenvalue weighted by atomic mass is 10.0. The van der Waals surface area contributed by atoms with E-state index in [-0.39, 0.29) is 11.6 Å². The van der Waals surface area contributed by atoms with Gasteiger partial charge < -0.3 is 4.74 Å². The van der Waals surface area contributed by atoms with Crippen molar-refractivity contribution in [2.75, 3.05) is 6.61 Å². The van der Waals surface area contributed by atoms with Crippen molar-refractivity contribution in [1.29, 1.82) is 0 Å². The van der Waals surface area contributed by atoms with Crippen LogP contribution in [-0.4, -0.2) is 33.1 Å². The molecule has 6 nitrogen and oxygen atoms in total. The Morgan fingerprint density at radius 1 is 0.868 bits per heavy atom. The molecule has 0 radical (unpaired) electrons. The second-order valence-electron chi connectivity index (χ2n) is 8.55. The number of carbonyl (C=O) groups excluding carboxylic acids is 2. The van der Waals surface area contributed by atoms with Gasteiger partial charge in [0, 0.05) is 20.6 Å². The standard InChI is InChI=1S/C30H21BrClN3O3/c1-19-7-16-25(32)17-26(19)35-29(23-12-14-24(31)15-13-23)33-28(34-35)30(37)38-18-27(36)22-10-8-21(9-11-22)20-5-3-2-4-6-20/h2-17H,18H2,1H3. The number of ketones is 1. The number of benzene rings is 4. The number of aryl methyl sites for hydroxylation is 1. The molecule has 8 heteroatoms. The van der Waals surface area contributed by atoms with E-state index in [2.05, 4.69) is 26.0 Å². The van der Waals surface area contributed by atoms with Crippen LogP contribution in [0.25, 0.3) is 28.2 Å². The summed E-state index contributed by atoms with van der Waals surface area (Å²) in [5.74, 6) is -0.834. The Labute approximate surface area is 233 Å². The van der Waals surface area contributed by atoms with Gasteiger partial charge in [-0.25, -0.2) is 14.5 Å². The third kappa shape index (κ3) is 5.59. The molecule has 0 saturated carbocycles. The van der Waals surface area contributed by atoms with Crippen molar-refractivity contribution in [3.8, 4) is 28.2 Å². The van der Waals surface area contributed by atoms with E-state index in [4.69, 9.17) is 16.3 Å². The molecule has 0 spiro atoms. The van der Waals surface area contributed by atoms with E-state index in [0.29, 0.717) is 22.1 Å². The van der Waals surface area contributed by atoms with Gasteiger partial charge in [0.2, 0.25) is 0 Å². The van der Waals surface area contributed by atoms with Crippen molar-refractivity contribution in [1.82, 2.24) is 14.8 Å². The zero-order valence-electron chi connectivity index (χ0n) is 20.3. The van der Waals surface area contributed by atoms with Crippen LogP contribution in [-0.2, 0) is 4.74 Å². The smallest absolute Gasteiger partial charge is 0.378 e. The molecule has 0 bridgehead atoms. The van der Waals surface area contributed by atoms with Gasteiger partial charge in [-0.05, 0) is 47.9 Å². The lowest BCUT2D eigenvalue weighted by molar-refractivity contribution is 0.0462. The maximum atomic E-state index is 12.9. The van der Waals surface area contributed by atoms with Crippen molar-refractivity contribution in [2.24, 2.45) is 0 Å². The summed E-state index contributed by atoms with van der Waals surface area (Å²) in [5, 5.41) is 4.95. The van der Waals surface area contributed by atoms with Crippen LogP contribution in [0.3, 0.4) is 0 Å². The number of esters is 1. The molecule has 5 aromatic rings. The van der Waals surface area contributed by atoms with Gasteiger partial charge >= 0.3 is 5.97 Å². The summed E-state index contributed by atoms with van der Waals surface area (Å²) in [5.41, 5.74) is 4.81. The Hall–Kier alpha value is -4.07. The van der Waals surface area contributed by atoms with Crippen LogP contribution in [0.2, 0.25) is 5.02 Å². The minimum atomic E-state index is -0.795. The SMILES string of the molecule is Cc1ccc(Cl)cc1-n1nc(C(=O)OCC(=O)c2ccc(-c3ccccc3)cc2)nc1-c1ccc(Br)cc1. The van der Waals surface area contributed by atoms with Crippen LogP contribution in [0.1, 0.15) is 26.5 Å². The Morgan fingerprint density at radius 2 is 1.53 bits per heavy atom. The number of halogens is 2. The fourth-order valence-corrected chi connectivity index (χ4v) is 4.35. The molecule has 4 aromatic carbocycles. The molecular formula is C30H21BrClN3O3. The number of hydrogen-bond donors (Lipinski definition) is 0. The third-order valence-corrected chi connectivity index (χ3v) is 6.70. The van der Waals surface area contributed by atoms with Gasteiger partial charge in [-0.15, -0.1) is 5.10 Å². The molecule has 0 amide bonds. The van der Waals surface area contributed by atoms with Gasteiger partial charge in [0.1, 0.15) is 0 Å². The average molecular weight is 587 g/mol. The van der Waals surface area contributed by atoms with Crippen LogP contribution in [0.5, 0.6) is 0 Å². The van der Waals surface area contributed by atoms with Crippen LogP contribution < -0.4 is 0 Å². The number of rotatable bonds is 7. The van der Waals surface area contributed by atoms with Crippen molar-refractivity contribution in [3.63, 3.8) is 0 Å². The van der Waals surface area contributed by atoms with Crippen LogP contribution >= 0.6 is 27.5 Å². The zero-order chi connectivity index (χ0) is 26.6. The quantitative estimate of drug-likeness (QED) is 0.147. The van der Waals surface area contributed by atoms with Crippen LogP contribution in [0.4, 0.5) is 0 Å². The molecule has 38 heavy (non-hydrogen) atoms. The van der Waals surface area contributed by atoms with E-state index < -0.39 is 12.6 Å². The zero-order valence-corrected chi connectivity index (χ0v) is 22.6. The van der Waals surface area contributed by atoms with Gasteiger partial charge in [-0.3, -0.25) is 4.79 Å². The highest BCUT2D eigenvalue weighted by atomic mass is 79.9. The number of Topliss-reactive ketones (excluding diaryl/α,β-unsaturated/α-hetero) is 1. The summed E-state index contributed by atoms with van der Waals surface area (Å²) < 4.78 is 7.78. The Kier molecular flexibility index (Phi) is 7.49. The highest BCUT2D eigenvalue weighted by molar-refractivity contribution is 9.10. The van der Waals surface area contributed by atoms with E-state index in [9.17, 15) is 9.59 Å². The monoisotopic (exact) mass is 585 g/mol. The van der Waals surface area contributed by atoms with Crippen LogP contribution in [0.15, 0.2) is 102 Å². The normalized spacial score (nSPS) is 10.8. The minimum Gasteiger partial charge on any atom is -0.451 e. The second kappa shape index (κ2) is 11.1. The van der Waals surface area contributed by atoms with Gasteiger partial charge in [-0.2, -0.15) is 0 Å². The number of carbonyl (C=O) groups is 2. The predicted octanol–water partition coefficient (Wildman–Crippen LogP) is 7.37. The molecule has 1 heterocycles. The Bertz CT molecular complexity index is 1620. The molecule has 0 unspecified atom stereocenters.